The van der Waals surface area contributed by atoms with Crippen molar-refractivity contribution in [1.29, 1.82) is 0 Å². The maximum absolute atomic E-state index is 13.0. The van der Waals surface area contributed by atoms with Crippen molar-refractivity contribution in [2.75, 3.05) is 26.2 Å². The van der Waals surface area contributed by atoms with Crippen LogP contribution in [0.3, 0.4) is 0 Å². The van der Waals surface area contributed by atoms with E-state index in [2.05, 4.69) is 29.5 Å². The van der Waals surface area contributed by atoms with Crippen molar-refractivity contribution in [3.63, 3.8) is 0 Å². The summed E-state index contributed by atoms with van der Waals surface area (Å²) < 4.78 is 12.7. The number of rotatable bonds is 8. The Morgan fingerprint density at radius 2 is 1.86 bits per heavy atom. The van der Waals surface area contributed by atoms with Crippen LogP contribution in [0.2, 0.25) is 5.02 Å². The summed E-state index contributed by atoms with van der Waals surface area (Å²) in [6, 6.07) is 11.1. The summed E-state index contributed by atoms with van der Waals surface area (Å²) in [6.45, 7) is 5.93. The minimum Gasteiger partial charge on any atom is -0.490 e. The Kier molecular flexibility index (Phi) is 9.41. The molecule has 2 aliphatic rings. The van der Waals surface area contributed by atoms with E-state index >= 15 is 0 Å². The summed E-state index contributed by atoms with van der Waals surface area (Å²) in [6.07, 6.45) is 3.53. The summed E-state index contributed by atoms with van der Waals surface area (Å²) in [7, 11) is 0. The second kappa shape index (κ2) is 12.5. The molecule has 0 aliphatic carbocycles. The largest absolute Gasteiger partial charge is 0.490 e. The summed E-state index contributed by atoms with van der Waals surface area (Å²) in [5, 5.41) is 0.227. The molecule has 2 aliphatic heterocycles. The lowest BCUT2D eigenvalue weighted by Gasteiger charge is -2.31. The van der Waals surface area contributed by atoms with Crippen LogP contribution in [0.1, 0.15) is 37.8 Å². The first-order valence-corrected chi connectivity index (χ1v) is 14.4. The van der Waals surface area contributed by atoms with Crippen LogP contribution >= 0.6 is 46.0 Å². The van der Waals surface area contributed by atoms with Crippen LogP contribution in [-0.4, -0.2) is 53.1 Å². The van der Waals surface area contributed by atoms with Gasteiger partial charge in [0.15, 0.2) is 11.5 Å². The van der Waals surface area contributed by atoms with Crippen molar-refractivity contribution in [3.05, 3.63) is 61.0 Å². The van der Waals surface area contributed by atoms with Crippen molar-refractivity contribution in [2.45, 2.75) is 33.3 Å². The molecule has 0 saturated carbocycles. The predicted octanol–water partition coefficient (Wildman–Crippen LogP) is 6.22. The highest BCUT2D eigenvalue weighted by atomic mass is 127. The molecule has 4 rings (SSSR count). The van der Waals surface area contributed by atoms with Crippen molar-refractivity contribution in [3.8, 4) is 11.5 Å². The van der Waals surface area contributed by atoms with Gasteiger partial charge in [0.2, 0.25) is 5.91 Å². The van der Waals surface area contributed by atoms with Gasteiger partial charge in [0.25, 0.3) is 11.1 Å². The first kappa shape index (κ1) is 27.8. The number of amides is 3. The second-order valence-corrected chi connectivity index (χ2v) is 11.6. The van der Waals surface area contributed by atoms with E-state index in [0.717, 1.165) is 38.6 Å². The molecule has 0 spiro atoms. The van der Waals surface area contributed by atoms with Gasteiger partial charge in [-0.25, -0.2) is 0 Å². The molecule has 2 aromatic rings. The predicted molar refractivity (Wildman–Crippen MR) is 154 cm³/mol. The Balaban J connectivity index is 1.48. The maximum Gasteiger partial charge on any atom is 0.294 e. The van der Waals surface area contributed by atoms with Gasteiger partial charge in [0, 0.05) is 18.1 Å². The number of nitrogens with zero attached hydrogens (tertiary/aromatic N) is 2. The average molecular weight is 655 g/mol. The van der Waals surface area contributed by atoms with Gasteiger partial charge in [0.1, 0.15) is 13.2 Å². The normalized spacial score (nSPS) is 17.6. The molecule has 2 heterocycles. The Morgan fingerprint density at radius 3 is 2.54 bits per heavy atom. The number of piperidine rings is 1. The third kappa shape index (κ3) is 7.00. The van der Waals surface area contributed by atoms with Gasteiger partial charge in [-0.1, -0.05) is 30.7 Å². The quantitative estimate of drug-likeness (QED) is 0.249. The number of imide groups is 1. The van der Waals surface area contributed by atoms with E-state index in [-0.39, 0.29) is 17.4 Å². The second-order valence-electron chi connectivity index (χ2n) is 9.01. The van der Waals surface area contributed by atoms with Gasteiger partial charge in [-0.05, 0) is 102 Å². The van der Waals surface area contributed by atoms with Crippen molar-refractivity contribution < 1.29 is 23.9 Å². The summed E-state index contributed by atoms with van der Waals surface area (Å²) >= 11 is 8.98. The molecule has 7 nitrogen and oxygen atoms in total. The van der Waals surface area contributed by atoms with Gasteiger partial charge in [-0.15, -0.1) is 0 Å². The summed E-state index contributed by atoms with van der Waals surface area (Å²) in [4.78, 5) is 41.4. The van der Waals surface area contributed by atoms with E-state index in [1.807, 2.05) is 37.3 Å². The van der Waals surface area contributed by atoms with Crippen LogP contribution in [0.15, 0.2) is 41.3 Å². The molecule has 196 valence electrons. The fraction of sp³-hybridized carbons (Fsp3) is 0.370. The Labute approximate surface area is 239 Å². The molecule has 2 aromatic carbocycles. The van der Waals surface area contributed by atoms with Crippen molar-refractivity contribution in [1.82, 2.24) is 9.80 Å². The highest BCUT2D eigenvalue weighted by molar-refractivity contribution is 14.1. The highest BCUT2D eigenvalue weighted by Crippen LogP contribution is 2.38. The zero-order valence-electron chi connectivity index (χ0n) is 20.7. The van der Waals surface area contributed by atoms with Crippen molar-refractivity contribution >= 4 is 69.1 Å². The molecule has 37 heavy (non-hydrogen) atoms. The first-order chi connectivity index (χ1) is 17.7. The minimum absolute atomic E-state index is 0.189. The first-order valence-electron chi connectivity index (χ1n) is 12.1. The van der Waals surface area contributed by atoms with Crippen LogP contribution in [0.25, 0.3) is 6.08 Å². The number of carbonyl (C=O) groups excluding carboxylic acids is 3. The Morgan fingerprint density at radius 1 is 1.16 bits per heavy atom. The number of ether oxygens (including phenoxy) is 2. The number of benzene rings is 2. The van der Waals surface area contributed by atoms with E-state index in [0.29, 0.717) is 54.3 Å². The molecule has 2 saturated heterocycles. The number of thioether (sulfide) groups is 1. The fourth-order valence-electron chi connectivity index (χ4n) is 4.09. The third-order valence-electron chi connectivity index (χ3n) is 6.23. The van der Waals surface area contributed by atoms with Crippen LogP contribution < -0.4 is 9.47 Å². The number of hydrogen-bond donors (Lipinski definition) is 0. The molecule has 0 unspecified atom stereocenters. The maximum atomic E-state index is 13.0. The minimum atomic E-state index is -0.454. The number of halogens is 2. The topological polar surface area (TPSA) is 76.2 Å². The zero-order valence-corrected chi connectivity index (χ0v) is 24.4. The lowest BCUT2D eigenvalue weighted by Crippen LogP contribution is -2.45. The van der Waals surface area contributed by atoms with Gasteiger partial charge in [-0.2, -0.15) is 0 Å². The lowest BCUT2D eigenvalue weighted by atomic mass is 9.99. The van der Waals surface area contributed by atoms with E-state index in [4.69, 9.17) is 21.1 Å². The number of carbonyl (C=O) groups is 3. The third-order valence-corrected chi connectivity index (χ3v) is 8.19. The molecule has 0 aromatic heterocycles. The molecule has 3 amide bonds. The smallest absolute Gasteiger partial charge is 0.294 e. The molecule has 0 atom stereocenters. The molecular weight excluding hydrogens is 627 g/mol. The highest BCUT2D eigenvalue weighted by Gasteiger charge is 2.37. The van der Waals surface area contributed by atoms with Crippen molar-refractivity contribution in [2.24, 2.45) is 5.92 Å². The molecule has 0 bridgehead atoms. The zero-order chi connectivity index (χ0) is 26.5. The number of hydrogen-bond acceptors (Lipinski definition) is 6. The molecular formula is C27H28ClIN2O5S. The van der Waals surface area contributed by atoms with E-state index < -0.39 is 11.1 Å². The van der Waals surface area contributed by atoms with Gasteiger partial charge in [-0.3, -0.25) is 19.3 Å². The lowest BCUT2D eigenvalue weighted by molar-refractivity contribution is -0.136. The fourth-order valence-corrected chi connectivity index (χ4v) is 5.84. The summed E-state index contributed by atoms with van der Waals surface area (Å²) in [5.74, 6) is 1.09. The van der Waals surface area contributed by atoms with Crippen LogP contribution in [0.4, 0.5) is 4.79 Å². The molecule has 0 N–H and O–H groups in total. The SMILES string of the molecule is CCOc1cc(/C=C2/SC(=O)N(CC(=O)N3CCC(C)CC3)C2=O)cc(I)c1OCc1ccc(Cl)cc1. The van der Waals surface area contributed by atoms with Gasteiger partial charge in [0.05, 0.1) is 15.1 Å². The van der Waals surface area contributed by atoms with Crippen LogP contribution in [-0.2, 0) is 16.2 Å². The monoisotopic (exact) mass is 654 g/mol. The molecule has 10 heteroatoms. The van der Waals surface area contributed by atoms with E-state index in [9.17, 15) is 14.4 Å². The molecule has 2 fully saturated rings. The average Bonchev–Trinajstić information content (AvgIpc) is 3.12. The van der Waals surface area contributed by atoms with Crippen LogP contribution in [0, 0.1) is 9.49 Å². The van der Waals surface area contributed by atoms with E-state index in [1.54, 1.807) is 17.0 Å². The summed E-state index contributed by atoms with van der Waals surface area (Å²) in [5.41, 5.74) is 1.67. The van der Waals surface area contributed by atoms with Gasteiger partial charge < -0.3 is 14.4 Å². The standard InChI is InChI=1S/C27H28ClIN2O5S/c1-3-35-22-13-19(12-21(29)25(22)36-16-18-4-6-20(28)7-5-18)14-23-26(33)31(27(34)37-23)15-24(32)30-10-8-17(2)9-11-30/h4-7,12-14,17H,3,8-11,15-16H2,1-2H3/b23-14+. The Bertz CT molecular complexity index is 1210. The van der Waals surface area contributed by atoms with Crippen LogP contribution in [0.5, 0.6) is 11.5 Å². The number of likely N-dealkylation sites (tertiary alicyclic amines) is 1. The van der Waals surface area contributed by atoms with E-state index in [1.165, 1.54) is 0 Å². The van der Waals surface area contributed by atoms with Gasteiger partial charge >= 0.3 is 0 Å². The molecule has 0 radical (unpaired) electrons. The Hall–Kier alpha value is -2.24.